The lowest BCUT2D eigenvalue weighted by molar-refractivity contribution is -0.122. The highest BCUT2D eigenvalue weighted by Gasteiger charge is 2.14. The Kier molecular flexibility index (Phi) is 4.69. The maximum absolute atomic E-state index is 11.6. The van der Waals surface area contributed by atoms with Crippen LogP contribution in [0.3, 0.4) is 0 Å². The van der Waals surface area contributed by atoms with E-state index in [1.807, 2.05) is 13.8 Å². The zero-order valence-electron chi connectivity index (χ0n) is 12.0. The minimum absolute atomic E-state index is 0.280. The molecular formula is C13H16N4O3S. The molecular weight excluding hydrogens is 292 g/mol. The van der Waals surface area contributed by atoms with Gasteiger partial charge in [-0.2, -0.15) is 0 Å². The number of hydrogen-bond donors (Lipinski definition) is 2. The van der Waals surface area contributed by atoms with Crippen molar-refractivity contribution in [2.45, 2.75) is 20.8 Å². The lowest BCUT2D eigenvalue weighted by Gasteiger charge is -2.07. The predicted molar refractivity (Wildman–Crippen MR) is 79.6 cm³/mol. The van der Waals surface area contributed by atoms with E-state index in [2.05, 4.69) is 20.6 Å². The van der Waals surface area contributed by atoms with Crippen molar-refractivity contribution in [3.05, 3.63) is 16.8 Å². The Labute approximate surface area is 125 Å². The summed E-state index contributed by atoms with van der Waals surface area (Å²) < 4.78 is 5.42. The molecule has 7 nitrogen and oxygen atoms in total. The average molecular weight is 308 g/mol. The molecule has 0 saturated carbocycles. The van der Waals surface area contributed by atoms with Gasteiger partial charge in [-0.3, -0.25) is 10.1 Å². The highest BCUT2D eigenvalue weighted by molar-refractivity contribution is 7.18. The maximum atomic E-state index is 11.6. The maximum Gasteiger partial charge on any atom is 0.321 e. The quantitative estimate of drug-likeness (QED) is 0.893. The molecule has 2 aromatic heterocycles. The molecule has 0 bridgehead atoms. The molecule has 21 heavy (non-hydrogen) atoms. The third-order valence-corrected chi connectivity index (χ3v) is 3.98. The second-order valence-corrected chi connectivity index (χ2v) is 5.54. The number of rotatable bonds is 4. The van der Waals surface area contributed by atoms with Crippen LogP contribution in [0.4, 0.5) is 4.79 Å². The van der Waals surface area contributed by atoms with Crippen LogP contribution in [0.1, 0.15) is 17.4 Å². The monoisotopic (exact) mass is 308 g/mol. The van der Waals surface area contributed by atoms with Gasteiger partial charge in [0.05, 0.1) is 5.39 Å². The van der Waals surface area contributed by atoms with Gasteiger partial charge in [-0.05, 0) is 26.3 Å². The van der Waals surface area contributed by atoms with Gasteiger partial charge in [-0.1, -0.05) is 0 Å². The van der Waals surface area contributed by atoms with Crippen LogP contribution in [0, 0.1) is 13.8 Å². The molecule has 0 aliphatic carbocycles. The minimum Gasteiger partial charge on any atom is -0.467 e. The van der Waals surface area contributed by atoms with Gasteiger partial charge in [-0.25, -0.2) is 14.8 Å². The molecule has 0 aromatic carbocycles. The zero-order valence-corrected chi connectivity index (χ0v) is 12.8. The lowest BCUT2D eigenvalue weighted by Crippen LogP contribution is -2.41. The Hall–Kier alpha value is -2.22. The first-order chi connectivity index (χ1) is 10.0. The summed E-state index contributed by atoms with van der Waals surface area (Å²) in [5.74, 6) is -0.176. The van der Waals surface area contributed by atoms with E-state index >= 15 is 0 Å². The summed E-state index contributed by atoms with van der Waals surface area (Å²) in [5.41, 5.74) is 1.04. The summed E-state index contributed by atoms with van der Waals surface area (Å²) in [5, 5.41) is 5.44. The number of aryl methyl sites for hydroxylation is 2. The van der Waals surface area contributed by atoms with Gasteiger partial charge in [0, 0.05) is 11.4 Å². The molecule has 8 heteroatoms. The Balaban J connectivity index is 2.07. The predicted octanol–water partition coefficient (Wildman–Crippen LogP) is 1.53. The number of urea groups is 1. The standard InChI is InChI=1S/C13H16N4O3S/c1-4-14-13(19)17-9(18)5-20-11-10-7(2)8(3)21-12(10)16-6-15-11/h6H,4-5H2,1-3H3,(H2,14,17,18,19). The van der Waals surface area contributed by atoms with Crippen LogP contribution < -0.4 is 15.4 Å². The summed E-state index contributed by atoms with van der Waals surface area (Å²) in [4.78, 5) is 33.0. The summed E-state index contributed by atoms with van der Waals surface area (Å²) in [6, 6.07) is -0.540. The number of amides is 3. The first kappa shape index (κ1) is 15.2. The van der Waals surface area contributed by atoms with Crippen LogP contribution in [0.25, 0.3) is 10.2 Å². The Morgan fingerprint density at radius 2 is 2.10 bits per heavy atom. The van der Waals surface area contributed by atoms with Gasteiger partial charge in [-0.15, -0.1) is 11.3 Å². The van der Waals surface area contributed by atoms with Crippen LogP contribution in [-0.4, -0.2) is 35.1 Å². The molecule has 0 saturated heterocycles. The van der Waals surface area contributed by atoms with Crippen LogP contribution >= 0.6 is 11.3 Å². The van der Waals surface area contributed by atoms with E-state index in [0.717, 1.165) is 20.7 Å². The number of thiophene rings is 1. The topological polar surface area (TPSA) is 93.2 Å². The highest BCUT2D eigenvalue weighted by Crippen LogP contribution is 2.33. The number of carbonyl (C=O) groups is 2. The van der Waals surface area contributed by atoms with Gasteiger partial charge in [0.15, 0.2) is 6.61 Å². The Morgan fingerprint density at radius 1 is 1.33 bits per heavy atom. The van der Waals surface area contributed by atoms with Crippen molar-refractivity contribution >= 4 is 33.5 Å². The van der Waals surface area contributed by atoms with Crippen LogP contribution in [0.2, 0.25) is 0 Å². The fourth-order valence-corrected chi connectivity index (χ4v) is 2.75. The molecule has 0 atom stereocenters. The third-order valence-electron chi connectivity index (χ3n) is 2.86. The van der Waals surface area contributed by atoms with Crippen molar-refractivity contribution < 1.29 is 14.3 Å². The SMILES string of the molecule is CCNC(=O)NC(=O)COc1ncnc2sc(C)c(C)c12. The second kappa shape index (κ2) is 6.49. The highest BCUT2D eigenvalue weighted by atomic mass is 32.1. The summed E-state index contributed by atoms with van der Waals surface area (Å²) in [7, 11) is 0. The van der Waals surface area contributed by atoms with E-state index in [1.54, 1.807) is 18.3 Å². The van der Waals surface area contributed by atoms with Gasteiger partial charge >= 0.3 is 6.03 Å². The second-order valence-electron chi connectivity index (χ2n) is 4.34. The number of nitrogens with one attached hydrogen (secondary N) is 2. The molecule has 112 valence electrons. The first-order valence-electron chi connectivity index (χ1n) is 6.44. The van der Waals surface area contributed by atoms with Crippen molar-refractivity contribution in [1.29, 1.82) is 0 Å². The first-order valence-corrected chi connectivity index (χ1v) is 7.25. The molecule has 2 aromatic rings. The van der Waals surface area contributed by atoms with E-state index in [4.69, 9.17) is 4.74 Å². The fourth-order valence-electron chi connectivity index (χ4n) is 1.76. The number of hydrogen-bond acceptors (Lipinski definition) is 6. The van der Waals surface area contributed by atoms with E-state index < -0.39 is 11.9 Å². The smallest absolute Gasteiger partial charge is 0.321 e. The van der Waals surface area contributed by atoms with Crippen LogP contribution in [0.15, 0.2) is 6.33 Å². The lowest BCUT2D eigenvalue weighted by atomic mass is 10.2. The number of ether oxygens (including phenoxy) is 1. The average Bonchev–Trinajstić information content (AvgIpc) is 2.73. The van der Waals surface area contributed by atoms with Gasteiger partial charge in [0.1, 0.15) is 11.2 Å². The van der Waals surface area contributed by atoms with E-state index in [0.29, 0.717) is 12.4 Å². The Bertz CT molecular complexity index is 683. The van der Waals surface area contributed by atoms with E-state index in [9.17, 15) is 9.59 Å². The van der Waals surface area contributed by atoms with Gasteiger partial charge in [0.2, 0.25) is 5.88 Å². The van der Waals surface area contributed by atoms with Crippen molar-refractivity contribution in [1.82, 2.24) is 20.6 Å². The molecule has 0 unspecified atom stereocenters. The minimum atomic E-state index is -0.540. The summed E-state index contributed by atoms with van der Waals surface area (Å²) in [6.07, 6.45) is 1.40. The van der Waals surface area contributed by atoms with Gasteiger partial charge in [0.25, 0.3) is 5.91 Å². The van der Waals surface area contributed by atoms with Crippen molar-refractivity contribution in [3.8, 4) is 5.88 Å². The van der Waals surface area contributed by atoms with Crippen molar-refractivity contribution in [3.63, 3.8) is 0 Å². The third kappa shape index (κ3) is 3.46. The summed E-state index contributed by atoms with van der Waals surface area (Å²) >= 11 is 1.55. The molecule has 3 amide bonds. The van der Waals surface area contributed by atoms with Gasteiger partial charge < -0.3 is 10.1 Å². The largest absolute Gasteiger partial charge is 0.467 e. The van der Waals surface area contributed by atoms with Crippen molar-refractivity contribution in [2.75, 3.05) is 13.2 Å². The number of aromatic nitrogens is 2. The number of carbonyl (C=O) groups excluding carboxylic acids is 2. The number of imide groups is 1. The Morgan fingerprint density at radius 3 is 2.81 bits per heavy atom. The number of nitrogens with zero attached hydrogens (tertiary/aromatic N) is 2. The van der Waals surface area contributed by atoms with Crippen molar-refractivity contribution in [2.24, 2.45) is 0 Å². The molecule has 2 rings (SSSR count). The fraction of sp³-hybridized carbons (Fsp3) is 0.385. The molecule has 0 spiro atoms. The summed E-state index contributed by atoms with van der Waals surface area (Å²) in [6.45, 7) is 5.88. The number of fused-ring (bicyclic) bond motifs is 1. The molecule has 0 aliphatic heterocycles. The van der Waals surface area contributed by atoms with E-state index in [1.165, 1.54) is 6.33 Å². The van der Waals surface area contributed by atoms with E-state index in [-0.39, 0.29) is 6.61 Å². The van der Waals surface area contributed by atoms with Crippen LogP contribution in [0.5, 0.6) is 5.88 Å². The van der Waals surface area contributed by atoms with Crippen LogP contribution in [-0.2, 0) is 4.79 Å². The normalized spacial score (nSPS) is 10.4. The zero-order chi connectivity index (χ0) is 15.4. The molecule has 0 aliphatic rings. The molecule has 0 fully saturated rings. The molecule has 2 N–H and O–H groups in total. The molecule has 2 heterocycles. The molecule has 0 radical (unpaired) electrons.